The molecule has 0 amide bonds. The molecule has 4 nitrogen and oxygen atoms in total. The minimum atomic E-state index is 0.149. The van der Waals surface area contributed by atoms with Crippen LogP contribution in [0.1, 0.15) is 0 Å². The topological polar surface area (TPSA) is 47.3 Å². The van der Waals surface area contributed by atoms with E-state index in [2.05, 4.69) is 5.10 Å². The SMILES string of the molecule is COc1ccc(-n2nc3ccccc3c2O)cc1. The summed E-state index contributed by atoms with van der Waals surface area (Å²) in [5.74, 6) is 0.922. The highest BCUT2D eigenvalue weighted by molar-refractivity contribution is 5.84. The standard InChI is InChI=1S/C14H12N2O2/c1-18-11-8-6-10(7-9-11)16-14(17)12-4-2-3-5-13(12)15-16/h2-9,17H,1H3. The molecule has 90 valence electrons. The highest BCUT2D eigenvalue weighted by atomic mass is 16.5. The van der Waals surface area contributed by atoms with Gasteiger partial charge in [0.2, 0.25) is 5.88 Å². The van der Waals surface area contributed by atoms with Gasteiger partial charge in [0.05, 0.1) is 23.7 Å². The Labute approximate surface area is 104 Å². The van der Waals surface area contributed by atoms with Gasteiger partial charge in [0.1, 0.15) is 5.75 Å². The summed E-state index contributed by atoms with van der Waals surface area (Å²) in [7, 11) is 1.62. The Morgan fingerprint density at radius 1 is 1.06 bits per heavy atom. The van der Waals surface area contributed by atoms with E-state index in [-0.39, 0.29) is 5.88 Å². The number of hydrogen-bond donors (Lipinski definition) is 1. The summed E-state index contributed by atoms with van der Waals surface area (Å²) in [6.07, 6.45) is 0. The van der Waals surface area contributed by atoms with Gasteiger partial charge in [-0.25, -0.2) is 4.68 Å². The Morgan fingerprint density at radius 2 is 1.78 bits per heavy atom. The lowest BCUT2D eigenvalue weighted by molar-refractivity contribution is 0.414. The summed E-state index contributed by atoms with van der Waals surface area (Å²) < 4.78 is 6.62. The molecule has 0 saturated carbocycles. The van der Waals surface area contributed by atoms with Crippen molar-refractivity contribution in [3.8, 4) is 17.3 Å². The molecule has 1 N–H and O–H groups in total. The molecule has 1 aromatic heterocycles. The zero-order valence-corrected chi connectivity index (χ0v) is 9.87. The molecule has 2 aromatic carbocycles. The van der Waals surface area contributed by atoms with Gasteiger partial charge in [0.15, 0.2) is 0 Å². The molecule has 0 aliphatic heterocycles. The van der Waals surface area contributed by atoms with Gasteiger partial charge in [0.25, 0.3) is 0 Å². The van der Waals surface area contributed by atoms with Gasteiger partial charge in [-0.05, 0) is 36.4 Å². The van der Waals surface area contributed by atoms with Gasteiger partial charge in [0, 0.05) is 0 Å². The van der Waals surface area contributed by atoms with Crippen LogP contribution in [0.5, 0.6) is 11.6 Å². The number of nitrogens with zero attached hydrogens (tertiary/aromatic N) is 2. The lowest BCUT2D eigenvalue weighted by Crippen LogP contribution is -1.95. The minimum Gasteiger partial charge on any atom is -0.497 e. The number of ether oxygens (including phenoxy) is 1. The highest BCUT2D eigenvalue weighted by Crippen LogP contribution is 2.27. The maximum atomic E-state index is 10.1. The van der Waals surface area contributed by atoms with Crippen molar-refractivity contribution < 1.29 is 9.84 Å². The molecule has 0 spiro atoms. The van der Waals surface area contributed by atoms with E-state index in [1.807, 2.05) is 48.5 Å². The van der Waals surface area contributed by atoms with Crippen LogP contribution < -0.4 is 4.74 Å². The van der Waals surface area contributed by atoms with Crippen molar-refractivity contribution in [2.75, 3.05) is 7.11 Å². The molecule has 3 rings (SSSR count). The van der Waals surface area contributed by atoms with E-state index >= 15 is 0 Å². The summed E-state index contributed by atoms with van der Waals surface area (Å²) in [6, 6.07) is 14.9. The highest BCUT2D eigenvalue weighted by Gasteiger charge is 2.10. The molecular weight excluding hydrogens is 228 g/mol. The number of fused-ring (bicyclic) bond motifs is 1. The summed E-state index contributed by atoms with van der Waals surface area (Å²) in [4.78, 5) is 0. The van der Waals surface area contributed by atoms with E-state index < -0.39 is 0 Å². The zero-order valence-electron chi connectivity index (χ0n) is 9.87. The molecule has 0 aliphatic rings. The number of hydrogen-bond acceptors (Lipinski definition) is 3. The van der Waals surface area contributed by atoms with Crippen LogP contribution in [0.4, 0.5) is 0 Å². The second kappa shape index (κ2) is 4.07. The first-order valence-electron chi connectivity index (χ1n) is 5.61. The predicted octanol–water partition coefficient (Wildman–Crippen LogP) is 2.74. The van der Waals surface area contributed by atoms with E-state index in [1.54, 1.807) is 7.11 Å². The Hall–Kier alpha value is -2.49. The Bertz CT molecular complexity index is 687. The van der Waals surface area contributed by atoms with Gasteiger partial charge >= 0.3 is 0 Å². The quantitative estimate of drug-likeness (QED) is 0.749. The lowest BCUT2D eigenvalue weighted by Gasteiger charge is -2.04. The first-order valence-corrected chi connectivity index (χ1v) is 5.61. The minimum absolute atomic E-state index is 0.149. The molecule has 0 aliphatic carbocycles. The van der Waals surface area contributed by atoms with Gasteiger partial charge in [-0.15, -0.1) is 0 Å². The van der Waals surface area contributed by atoms with Crippen LogP contribution in [0.15, 0.2) is 48.5 Å². The van der Waals surface area contributed by atoms with E-state index in [4.69, 9.17) is 4.74 Å². The fourth-order valence-electron chi connectivity index (χ4n) is 1.92. The zero-order chi connectivity index (χ0) is 12.5. The molecule has 1 heterocycles. The Morgan fingerprint density at radius 3 is 2.44 bits per heavy atom. The first-order chi connectivity index (χ1) is 8.79. The van der Waals surface area contributed by atoms with Crippen molar-refractivity contribution in [3.63, 3.8) is 0 Å². The van der Waals surface area contributed by atoms with Crippen molar-refractivity contribution >= 4 is 10.9 Å². The summed E-state index contributed by atoms with van der Waals surface area (Å²) >= 11 is 0. The fourth-order valence-corrected chi connectivity index (χ4v) is 1.92. The molecule has 0 radical (unpaired) electrons. The fraction of sp³-hybridized carbons (Fsp3) is 0.0714. The van der Waals surface area contributed by atoms with Crippen LogP contribution in [0, 0.1) is 0 Å². The molecule has 0 atom stereocenters. The number of benzene rings is 2. The van der Waals surface area contributed by atoms with Crippen molar-refractivity contribution in [2.45, 2.75) is 0 Å². The molecule has 0 unspecified atom stereocenters. The monoisotopic (exact) mass is 240 g/mol. The number of aromatic hydroxyl groups is 1. The second-order valence-electron chi connectivity index (χ2n) is 3.95. The average molecular weight is 240 g/mol. The third-order valence-electron chi connectivity index (χ3n) is 2.87. The van der Waals surface area contributed by atoms with Crippen LogP contribution in [0.25, 0.3) is 16.6 Å². The van der Waals surface area contributed by atoms with Gasteiger partial charge in [-0.3, -0.25) is 0 Å². The maximum absolute atomic E-state index is 10.1. The Kier molecular flexibility index (Phi) is 2.41. The molecule has 0 saturated heterocycles. The molecule has 0 fully saturated rings. The predicted molar refractivity (Wildman–Crippen MR) is 69.3 cm³/mol. The van der Waals surface area contributed by atoms with Crippen LogP contribution in [-0.4, -0.2) is 22.0 Å². The largest absolute Gasteiger partial charge is 0.497 e. The maximum Gasteiger partial charge on any atom is 0.222 e. The normalized spacial score (nSPS) is 10.7. The average Bonchev–Trinajstić information content (AvgIpc) is 2.77. The van der Waals surface area contributed by atoms with E-state index in [0.717, 1.165) is 22.3 Å². The number of rotatable bonds is 2. The molecule has 3 aromatic rings. The summed E-state index contributed by atoms with van der Waals surface area (Å²) in [5.41, 5.74) is 1.57. The van der Waals surface area contributed by atoms with Crippen molar-refractivity contribution in [3.05, 3.63) is 48.5 Å². The number of aromatic nitrogens is 2. The van der Waals surface area contributed by atoms with Crippen LogP contribution >= 0.6 is 0 Å². The van der Waals surface area contributed by atoms with E-state index in [9.17, 15) is 5.11 Å². The van der Waals surface area contributed by atoms with Crippen LogP contribution in [-0.2, 0) is 0 Å². The van der Waals surface area contributed by atoms with Gasteiger partial charge in [-0.1, -0.05) is 12.1 Å². The molecule has 18 heavy (non-hydrogen) atoms. The summed E-state index contributed by atoms with van der Waals surface area (Å²) in [5, 5.41) is 15.2. The Balaban J connectivity index is 2.15. The number of methoxy groups -OCH3 is 1. The molecule has 0 bridgehead atoms. The van der Waals surface area contributed by atoms with Crippen LogP contribution in [0.3, 0.4) is 0 Å². The van der Waals surface area contributed by atoms with Crippen LogP contribution in [0.2, 0.25) is 0 Å². The van der Waals surface area contributed by atoms with Gasteiger partial charge < -0.3 is 9.84 Å². The van der Waals surface area contributed by atoms with Crippen molar-refractivity contribution in [1.82, 2.24) is 9.78 Å². The second-order valence-corrected chi connectivity index (χ2v) is 3.95. The first kappa shape index (κ1) is 10.7. The third kappa shape index (κ3) is 1.59. The molecule has 4 heteroatoms. The molecular formula is C14H12N2O2. The smallest absolute Gasteiger partial charge is 0.222 e. The van der Waals surface area contributed by atoms with Gasteiger partial charge in [-0.2, -0.15) is 5.10 Å². The van der Waals surface area contributed by atoms with E-state index in [1.165, 1.54) is 4.68 Å². The summed E-state index contributed by atoms with van der Waals surface area (Å²) in [6.45, 7) is 0. The lowest BCUT2D eigenvalue weighted by atomic mass is 10.2. The third-order valence-corrected chi connectivity index (χ3v) is 2.87. The van der Waals surface area contributed by atoms with Crippen molar-refractivity contribution in [2.24, 2.45) is 0 Å². The van der Waals surface area contributed by atoms with Crippen molar-refractivity contribution in [1.29, 1.82) is 0 Å². The van der Waals surface area contributed by atoms with E-state index in [0.29, 0.717) is 0 Å².